The molecule has 0 saturated heterocycles. The number of nitrogens with zero attached hydrogens (tertiary/aromatic N) is 1. The Bertz CT molecular complexity index is 600. The van der Waals surface area contributed by atoms with E-state index < -0.39 is 34.0 Å². The summed E-state index contributed by atoms with van der Waals surface area (Å²) in [6, 6.07) is 2.05. The van der Waals surface area contributed by atoms with Gasteiger partial charge in [-0.2, -0.15) is 4.39 Å². The molecule has 0 aliphatic heterocycles. The number of aliphatic carboxylic acids is 1. The second-order valence-electron chi connectivity index (χ2n) is 4.39. The monoisotopic (exact) mass is 283 g/mol. The van der Waals surface area contributed by atoms with Crippen LogP contribution in [-0.2, 0) is 4.79 Å². The number of nitrogens with one attached hydrogen (secondary N) is 2. The van der Waals surface area contributed by atoms with Gasteiger partial charge in [-0.25, -0.2) is 9.59 Å². The number of carbonyl (C=O) groups excluding carboxylic acids is 1. The zero-order chi connectivity index (χ0) is 14.9. The van der Waals surface area contributed by atoms with Crippen molar-refractivity contribution in [1.82, 2.24) is 5.32 Å². The lowest BCUT2D eigenvalue weighted by Crippen LogP contribution is -2.45. The van der Waals surface area contributed by atoms with Gasteiger partial charge in [0.25, 0.3) is 0 Å². The molecule has 2 rings (SSSR count). The first-order valence-corrected chi connectivity index (χ1v) is 5.60. The number of halogens is 1. The van der Waals surface area contributed by atoms with E-state index in [4.69, 9.17) is 5.11 Å². The van der Waals surface area contributed by atoms with Crippen LogP contribution in [0.3, 0.4) is 0 Å². The van der Waals surface area contributed by atoms with Crippen LogP contribution >= 0.6 is 0 Å². The minimum absolute atomic E-state index is 0.00760. The zero-order valence-corrected chi connectivity index (χ0v) is 10.1. The highest BCUT2D eigenvalue weighted by Crippen LogP contribution is 2.35. The first kappa shape index (κ1) is 13.7. The lowest BCUT2D eigenvalue weighted by atomic mass is 10.2. The van der Waals surface area contributed by atoms with Crippen molar-refractivity contribution in [2.45, 2.75) is 18.4 Å². The summed E-state index contributed by atoms with van der Waals surface area (Å²) < 4.78 is 13.3. The van der Waals surface area contributed by atoms with Gasteiger partial charge in [-0.1, -0.05) is 0 Å². The summed E-state index contributed by atoms with van der Waals surface area (Å²) in [5, 5.41) is 23.8. The Hall–Kier alpha value is -2.71. The predicted molar refractivity (Wildman–Crippen MR) is 64.8 cm³/mol. The molecule has 0 bridgehead atoms. The Kier molecular flexibility index (Phi) is 3.26. The Balaban J connectivity index is 2.04. The van der Waals surface area contributed by atoms with E-state index in [1.54, 1.807) is 0 Å². The van der Waals surface area contributed by atoms with E-state index in [1.165, 1.54) is 0 Å². The van der Waals surface area contributed by atoms with Gasteiger partial charge in [0, 0.05) is 17.8 Å². The van der Waals surface area contributed by atoms with Gasteiger partial charge in [-0.05, 0) is 18.9 Å². The molecule has 1 aromatic carbocycles. The number of rotatable bonds is 4. The Morgan fingerprint density at radius 3 is 2.50 bits per heavy atom. The summed E-state index contributed by atoms with van der Waals surface area (Å²) in [5.41, 5.74) is -1.98. The number of urea groups is 1. The molecule has 0 radical (unpaired) electrons. The maximum absolute atomic E-state index is 13.3. The molecule has 0 heterocycles. The predicted octanol–water partition coefficient (Wildman–Crippen LogP) is 1.47. The Morgan fingerprint density at radius 2 is 2.05 bits per heavy atom. The molecule has 106 valence electrons. The van der Waals surface area contributed by atoms with Crippen LogP contribution in [0.5, 0.6) is 0 Å². The molecule has 1 fully saturated rings. The maximum atomic E-state index is 13.3. The van der Waals surface area contributed by atoms with E-state index in [0.29, 0.717) is 12.8 Å². The molecule has 1 aliphatic carbocycles. The van der Waals surface area contributed by atoms with Crippen molar-refractivity contribution in [3.8, 4) is 0 Å². The van der Waals surface area contributed by atoms with E-state index in [9.17, 15) is 24.1 Å². The van der Waals surface area contributed by atoms with E-state index >= 15 is 0 Å². The van der Waals surface area contributed by atoms with Crippen LogP contribution in [0.1, 0.15) is 12.8 Å². The number of amides is 2. The molecule has 1 saturated carbocycles. The minimum atomic E-state index is -1.26. The van der Waals surface area contributed by atoms with Crippen LogP contribution in [-0.4, -0.2) is 27.6 Å². The normalized spacial score (nSPS) is 15.2. The van der Waals surface area contributed by atoms with Gasteiger partial charge in [-0.15, -0.1) is 0 Å². The summed E-state index contributed by atoms with van der Waals surface area (Å²) in [7, 11) is 0. The molecule has 2 amide bonds. The van der Waals surface area contributed by atoms with Gasteiger partial charge in [0.2, 0.25) is 5.82 Å². The first-order chi connectivity index (χ1) is 9.34. The quantitative estimate of drug-likeness (QED) is 0.570. The standard InChI is InChI=1S/C11H10FN3O5/c12-7-5-6(1-2-8(7)15(19)20)13-10(18)14-11(3-4-11)9(16)17/h1-2,5H,3-4H2,(H,16,17)(H2,13,14,18). The molecular weight excluding hydrogens is 273 g/mol. The van der Waals surface area contributed by atoms with Crippen LogP contribution in [0.4, 0.5) is 20.6 Å². The maximum Gasteiger partial charge on any atom is 0.329 e. The first-order valence-electron chi connectivity index (χ1n) is 5.60. The highest BCUT2D eigenvalue weighted by molar-refractivity contribution is 5.95. The summed E-state index contributed by atoms with van der Waals surface area (Å²) in [4.78, 5) is 32.0. The Morgan fingerprint density at radius 1 is 1.40 bits per heavy atom. The van der Waals surface area contributed by atoms with Crippen LogP contribution in [0.25, 0.3) is 0 Å². The third kappa shape index (κ3) is 2.66. The highest BCUT2D eigenvalue weighted by Gasteiger charge is 2.51. The van der Waals surface area contributed by atoms with Crippen molar-refractivity contribution in [3.63, 3.8) is 0 Å². The van der Waals surface area contributed by atoms with Gasteiger partial charge in [-0.3, -0.25) is 10.1 Å². The SMILES string of the molecule is O=C(Nc1ccc([N+](=O)[O-])c(F)c1)NC1(C(=O)O)CC1. The number of carbonyl (C=O) groups is 2. The zero-order valence-electron chi connectivity index (χ0n) is 10.1. The number of nitro groups is 1. The average molecular weight is 283 g/mol. The van der Waals surface area contributed by atoms with Gasteiger partial charge in [0.1, 0.15) is 5.54 Å². The fourth-order valence-corrected chi connectivity index (χ4v) is 1.63. The summed E-state index contributed by atoms with van der Waals surface area (Å²) in [5.74, 6) is -2.23. The minimum Gasteiger partial charge on any atom is -0.480 e. The van der Waals surface area contributed by atoms with Crippen LogP contribution in [0.2, 0.25) is 0 Å². The van der Waals surface area contributed by atoms with Crippen molar-refractivity contribution in [2.75, 3.05) is 5.32 Å². The summed E-state index contributed by atoms with van der Waals surface area (Å²) >= 11 is 0. The van der Waals surface area contributed by atoms with Gasteiger partial charge < -0.3 is 15.7 Å². The molecule has 1 aliphatic rings. The van der Waals surface area contributed by atoms with Crippen LogP contribution < -0.4 is 10.6 Å². The molecule has 0 spiro atoms. The molecular formula is C11H10FN3O5. The van der Waals surface area contributed by atoms with E-state index in [1.807, 2.05) is 0 Å². The summed E-state index contributed by atoms with van der Waals surface area (Å²) in [6.45, 7) is 0. The number of carboxylic acid groups (broad SMARTS) is 1. The van der Waals surface area contributed by atoms with E-state index in [-0.39, 0.29) is 5.69 Å². The molecule has 20 heavy (non-hydrogen) atoms. The number of benzene rings is 1. The van der Waals surface area contributed by atoms with E-state index in [0.717, 1.165) is 18.2 Å². The van der Waals surface area contributed by atoms with Gasteiger partial charge in [0.05, 0.1) is 4.92 Å². The van der Waals surface area contributed by atoms with Crippen molar-refractivity contribution >= 4 is 23.4 Å². The van der Waals surface area contributed by atoms with Crippen molar-refractivity contribution < 1.29 is 24.0 Å². The molecule has 1 aromatic rings. The smallest absolute Gasteiger partial charge is 0.329 e. The third-order valence-electron chi connectivity index (χ3n) is 2.91. The lowest BCUT2D eigenvalue weighted by Gasteiger charge is -2.13. The number of carboxylic acids is 1. The number of hydrogen-bond donors (Lipinski definition) is 3. The number of anilines is 1. The molecule has 9 heteroatoms. The molecule has 3 N–H and O–H groups in total. The molecule has 0 atom stereocenters. The molecule has 0 unspecified atom stereocenters. The fraction of sp³-hybridized carbons (Fsp3) is 0.273. The Labute approximate surface area is 111 Å². The second kappa shape index (κ2) is 4.76. The number of nitro benzene ring substituents is 1. The highest BCUT2D eigenvalue weighted by atomic mass is 19.1. The van der Waals surface area contributed by atoms with Crippen molar-refractivity contribution in [1.29, 1.82) is 0 Å². The third-order valence-corrected chi connectivity index (χ3v) is 2.91. The topological polar surface area (TPSA) is 122 Å². The summed E-state index contributed by atoms with van der Waals surface area (Å²) in [6.07, 6.45) is 0.648. The van der Waals surface area contributed by atoms with Crippen LogP contribution in [0, 0.1) is 15.9 Å². The largest absolute Gasteiger partial charge is 0.480 e. The van der Waals surface area contributed by atoms with Gasteiger partial charge >= 0.3 is 17.7 Å². The van der Waals surface area contributed by atoms with Crippen molar-refractivity contribution in [2.24, 2.45) is 0 Å². The van der Waals surface area contributed by atoms with Gasteiger partial charge in [0.15, 0.2) is 0 Å². The second-order valence-corrected chi connectivity index (χ2v) is 4.39. The van der Waals surface area contributed by atoms with E-state index in [2.05, 4.69) is 10.6 Å². The van der Waals surface area contributed by atoms with Crippen LogP contribution in [0.15, 0.2) is 18.2 Å². The molecule has 0 aromatic heterocycles. The fourth-order valence-electron chi connectivity index (χ4n) is 1.63. The van der Waals surface area contributed by atoms with Crippen molar-refractivity contribution in [3.05, 3.63) is 34.1 Å². The number of hydrogen-bond acceptors (Lipinski definition) is 4. The average Bonchev–Trinajstić information content (AvgIpc) is 3.09. The molecule has 8 nitrogen and oxygen atoms in total. The lowest BCUT2D eigenvalue weighted by molar-refractivity contribution is -0.387.